The van der Waals surface area contributed by atoms with Gasteiger partial charge >= 0.3 is 0 Å². The Kier molecular flexibility index (Phi) is 4.16. The number of rotatable bonds is 3. The smallest absolute Gasteiger partial charge is 0.203 e. The highest BCUT2D eigenvalue weighted by Crippen LogP contribution is 2.34. The Balaban J connectivity index is 2.50. The lowest BCUT2D eigenvalue weighted by molar-refractivity contribution is 0.0978. The SMILES string of the molecule is N#CC(C(=O)c1ccoc1Cl)c1c(Cl)cccc1Cl. The normalized spacial score (nSPS) is 11.9. The van der Waals surface area contributed by atoms with Gasteiger partial charge in [-0.05, 0) is 29.8 Å². The van der Waals surface area contributed by atoms with Crippen molar-refractivity contribution in [2.45, 2.75) is 5.92 Å². The quantitative estimate of drug-likeness (QED) is 0.770. The second-order valence-corrected chi connectivity index (χ2v) is 4.83. The van der Waals surface area contributed by atoms with Crippen LogP contribution in [0.4, 0.5) is 0 Å². The van der Waals surface area contributed by atoms with Gasteiger partial charge in [-0.1, -0.05) is 29.3 Å². The number of furan rings is 1. The summed E-state index contributed by atoms with van der Waals surface area (Å²) < 4.78 is 4.85. The Morgan fingerprint density at radius 1 is 1.21 bits per heavy atom. The van der Waals surface area contributed by atoms with Crippen LogP contribution in [0.1, 0.15) is 21.8 Å². The van der Waals surface area contributed by atoms with E-state index in [1.54, 1.807) is 18.2 Å². The van der Waals surface area contributed by atoms with Crippen LogP contribution in [0.2, 0.25) is 15.3 Å². The van der Waals surface area contributed by atoms with Crippen LogP contribution in [0.15, 0.2) is 34.9 Å². The zero-order valence-electron chi connectivity index (χ0n) is 9.36. The first-order chi connectivity index (χ1) is 9.06. The molecule has 0 N–H and O–H groups in total. The lowest BCUT2D eigenvalue weighted by Gasteiger charge is -2.11. The molecule has 0 bridgehead atoms. The molecule has 0 aliphatic carbocycles. The molecule has 6 heteroatoms. The second kappa shape index (κ2) is 5.66. The molecule has 0 fully saturated rings. The minimum Gasteiger partial charge on any atom is -0.452 e. The molecule has 3 nitrogen and oxygen atoms in total. The summed E-state index contributed by atoms with van der Waals surface area (Å²) in [6.45, 7) is 0. The Bertz CT molecular complexity index is 653. The van der Waals surface area contributed by atoms with Crippen molar-refractivity contribution in [1.29, 1.82) is 5.26 Å². The minimum absolute atomic E-state index is 0.0616. The first-order valence-electron chi connectivity index (χ1n) is 5.17. The van der Waals surface area contributed by atoms with E-state index in [2.05, 4.69) is 0 Å². The van der Waals surface area contributed by atoms with Crippen molar-refractivity contribution in [1.82, 2.24) is 0 Å². The number of halogens is 3. The first kappa shape index (κ1) is 14.0. The Morgan fingerprint density at radius 2 is 1.84 bits per heavy atom. The maximum Gasteiger partial charge on any atom is 0.203 e. The molecular weight excluding hydrogens is 309 g/mol. The fourth-order valence-electron chi connectivity index (χ4n) is 1.67. The van der Waals surface area contributed by atoms with Crippen LogP contribution in [-0.4, -0.2) is 5.78 Å². The van der Waals surface area contributed by atoms with Gasteiger partial charge in [-0.25, -0.2) is 0 Å². The zero-order chi connectivity index (χ0) is 14.0. The summed E-state index contributed by atoms with van der Waals surface area (Å²) in [5, 5.41) is 9.68. The Hall–Kier alpha value is -1.47. The topological polar surface area (TPSA) is 54.0 Å². The standard InChI is InChI=1S/C13H6Cl3NO2/c14-9-2-1-3-10(15)11(9)8(6-17)12(18)7-4-5-19-13(7)16/h1-5,8H. The van der Waals surface area contributed by atoms with Crippen molar-refractivity contribution < 1.29 is 9.21 Å². The third-order valence-electron chi connectivity index (χ3n) is 2.56. The van der Waals surface area contributed by atoms with Crippen LogP contribution in [0.25, 0.3) is 0 Å². The van der Waals surface area contributed by atoms with E-state index in [0.29, 0.717) is 0 Å². The average molecular weight is 315 g/mol. The van der Waals surface area contributed by atoms with Gasteiger partial charge in [0, 0.05) is 15.6 Å². The van der Waals surface area contributed by atoms with Crippen LogP contribution >= 0.6 is 34.8 Å². The molecule has 1 atom stereocenters. The van der Waals surface area contributed by atoms with Crippen molar-refractivity contribution >= 4 is 40.6 Å². The maximum absolute atomic E-state index is 12.3. The monoisotopic (exact) mass is 313 g/mol. The van der Waals surface area contributed by atoms with E-state index in [1.807, 2.05) is 6.07 Å². The third-order valence-corrected chi connectivity index (χ3v) is 3.51. The van der Waals surface area contributed by atoms with E-state index in [0.717, 1.165) is 0 Å². The summed E-state index contributed by atoms with van der Waals surface area (Å²) in [6, 6.07) is 8.07. The Labute approximate surface area is 124 Å². The number of hydrogen-bond acceptors (Lipinski definition) is 3. The number of ketones is 1. The van der Waals surface area contributed by atoms with Crippen molar-refractivity contribution in [3.05, 3.63) is 56.9 Å². The molecule has 0 saturated heterocycles. The van der Waals surface area contributed by atoms with E-state index in [1.165, 1.54) is 12.3 Å². The number of carbonyl (C=O) groups is 1. The lowest BCUT2D eigenvalue weighted by Crippen LogP contribution is -2.12. The summed E-state index contributed by atoms with van der Waals surface area (Å²) in [7, 11) is 0. The molecule has 0 spiro atoms. The van der Waals surface area contributed by atoms with Gasteiger partial charge in [-0.3, -0.25) is 4.79 Å². The molecule has 19 heavy (non-hydrogen) atoms. The van der Waals surface area contributed by atoms with Crippen molar-refractivity contribution in [3.8, 4) is 6.07 Å². The second-order valence-electron chi connectivity index (χ2n) is 3.67. The van der Waals surface area contributed by atoms with Crippen LogP contribution in [0, 0.1) is 11.3 Å². The van der Waals surface area contributed by atoms with Crippen LogP contribution in [0.3, 0.4) is 0 Å². The molecule has 2 rings (SSSR count). The molecule has 0 saturated carbocycles. The molecule has 0 aliphatic heterocycles. The molecule has 0 aliphatic rings. The molecule has 96 valence electrons. The van der Waals surface area contributed by atoms with Crippen LogP contribution in [-0.2, 0) is 0 Å². The highest BCUT2D eigenvalue weighted by Gasteiger charge is 2.28. The van der Waals surface area contributed by atoms with Gasteiger partial charge in [0.2, 0.25) is 5.22 Å². The summed E-state index contributed by atoms with van der Waals surface area (Å²) >= 11 is 17.7. The van der Waals surface area contributed by atoms with E-state index in [9.17, 15) is 10.1 Å². The number of hydrogen-bond donors (Lipinski definition) is 0. The minimum atomic E-state index is -1.13. The predicted molar refractivity (Wildman–Crippen MR) is 72.9 cm³/mol. The van der Waals surface area contributed by atoms with Gasteiger partial charge in [0.15, 0.2) is 5.78 Å². The summed E-state index contributed by atoms with van der Waals surface area (Å²) in [5.74, 6) is -1.63. The van der Waals surface area contributed by atoms with Crippen LogP contribution < -0.4 is 0 Å². The third kappa shape index (κ3) is 2.62. The predicted octanol–water partition coefficient (Wildman–Crippen LogP) is 4.73. The van der Waals surface area contributed by atoms with Crippen molar-refractivity contribution in [3.63, 3.8) is 0 Å². The molecule has 0 amide bonds. The van der Waals surface area contributed by atoms with Gasteiger partial charge in [0.05, 0.1) is 17.9 Å². The van der Waals surface area contributed by atoms with Gasteiger partial charge in [-0.2, -0.15) is 5.26 Å². The molecule has 0 radical (unpaired) electrons. The van der Waals surface area contributed by atoms with Crippen molar-refractivity contribution in [2.24, 2.45) is 0 Å². The Morgan fingerprint density at radius 3 is 2.32 bits per heavy atom. The van der Waals surface area contributed by atoms with Crippen molar-refractivity contribution in [2.75, 3.05) is 0 Å². The molecule has 1 unspecified atom stereocenters. The fraction of sp³-hybridized carbons (Fsp3) is 0.0769. The first-order valence-corrected chi connectivity index (χ1v) is 6.30. The van der Waals surface area contributed by atoms with Gasteiger partial charge in [0.25, 0.3) is 0 Å². The largest absolute Gasteiger partial charge is 0.452 e. The number of Topliss-reactive ketones (excluding diaryl/α,β-unsaturated/α-hetero) is 1. The molecule has 1 heterocycles. The lowest BCUT2D eigenvalue weighted by atomic mass is 9.93. The van der Waals surface area contributed by atoms with E-state index in [-0.39, 0.29) is 26.4 Å². The number of carbonyl (C=O) groups excluding carboxylic acids is 1. The zero-order valence-corrected chi connectivity index (χ0v) is 11.6. The summed E-state index contributed by atoms with van der Waals surface area (Å²) in [5.41, 5.74) is 0.403. The average Bonchev–Trinajstić information content (AvgIpc) is 2.79. The molecule has 1 aromatic carbocycles. The number of nitrogens with zero attached hydrogens (tertiary/aromatic N) is 1. The molecular formula is C13H6Cl3NO2. The van der Waals surface area contributed by atoms with Gasteiger partial charge in [-0.15, -0.1) is 0 Å². The van der Waals surface area contributed by atoms with Crippen LogP contribution in [0.5, 0.6) is 0 Å². The maximum atomic E-state index is 12.3. The number of benzene rings is 1. The van der Waals surface area contributed by atoms with E-state index in [4.69, 9.17) is 39.2 Å². The highest BCUT2D eigenvalue weighted by atomic mass is 35.5. The number of nitriles is 1. The summed E-state index contributed by atoms with van der Waals surface area (Å²) in [6.07, 6.45) is 1.28. The molecule has 1 aromatic heterocycles. The molecule has 2 aromatic rings. The summed E-state index contributed by atoms with van der Waals surface area (Å²) in [4.78, 5) is 12.3. The van der Waals surface area contributed by atoms with E-state index >= 15 is 0 Å². The van der Waals surface area contributed by atoms with Gasteiger partial charge < -0.3 is 4.42 Å². The highest BCUT2D eigenvalue weighted by molar-refractivity contribution is 6.37. The van der Waals surface area contributed by atoms with Gasteiger partial charge in [0.1, 0.15) is 5.92 Å². The fourth-order valence-corrected chi connectivity index (χ4v) is 2.49. The van der Waals surface area contributed by atoms with E-state index < -0.39 is 11.7 Å².